The van der Waals surface area contributed by atoms with E-state index < -0.39 is 0 Å². The van der Waals surface area contributed by atoms with Crippen molar-refractivity contribution in [2.45, 2.75) is 6.92 Å². The highest BCUT2D eigenvalue weighted by atomic mass is 19.1. The fraction of sp³-hybridized carbons (Fsp3) is 0.0588. The molecule has 0 aliphatic heterocycles. The second kappa shape index (κ2) is 7.22. The molecule has 3 N–H and O–H groups in total. The first-order chi connectivity index (χ1) is 11.0. The maximum absolute atomic E-state index is 12.9. The van der Waals surface area contributed by atoms with Crippen molar-refractivity contribution in [2.75, 3.05) is 5.32 Å². The average molecular weight is 313 g/mol. The molecule has 0 aliphatic rings. The Hall–Kier alpha value is -3.15. The van der Waals surface area contributed by atoms with Crippen LogP contribution in [-0.4, -0.2) is 11.8 Å². The molecule has 6 heteroatoms. The van der Waals surface area contributed by atoms with Crippen molar-refractivity contribution in [2.24, 2.45) is 0 Å². The van der Waals surface area contributed by atoms with Crippen LogP contribution in [0.4, 0.5) is 10.1 Å². The van der Waals surface area contributed by atoms with Crippen molar-refractivity contribution in [3.05, 3.63) is 72.1 Å². The van der Waals surface area contributed by atoms with Gasteiger partial charge in [0.25, 0.3) is 5.91 Å². The molecule has 2 aromatic carbocycles. The molecule has 0 fully saturated rings. The summed E-state index contributed by atoms with van der Waals surface area (Å²) in [6, 6.07) is 12.2. The lowest BCUT2D eigenvalue weighted by molar-refractivity contribution is -0.114. The molecule has 23 heavy (non-hydrogen) atoms. The monoisotopic (exact) mass is 313 g/mol. The van der Waals surface area contributed by atoms with Gasteiger partial charge >= 0.3 is 0 Å². The zero-order valence-corrected chi connectivity index (χ0v) is 12.5. The van der Waals surface area contributed by atoms with Gasteiger partial charge in [-0.2, -0.15) is 0 Å². The van der Waals surface area contributed by atoms with Gasteiger partial charge in [-0.25, -0.2) is 4.39 Å². The summed E-state index contributed by atoms with van der Waals surface area (Å²) in [6.07, 6.45) is 0. The fourth-order valence-electron chi connectivity index (χ4n) is 1.87. The third-order valence-electron chi connectivity index (χ3n) is 2.96. The number of halogens is 1. The van der Waals surface area contributed by atoms with E-state index in [1.165, 1.54) is 19.1 Å². The molecule has 0 saturated carbocycles. The van der Waals surface area contributed by atoms with E-state index in [1.54, 1.807) is 36.4 Å². The summed E-state index contributed by atoms with van der Waals surface area (Å²) in [5.41, 5.74) is 7.15. The second-order valence-corrected chi connectivity index (χ2v) is 4.83. The topological polar surface area (TPSA) is 70.2 Å². The molecule has 2 rings (SSSR count). The number of hydrogen-bond acceptors (Lipinski definition) is 3. The van der Waals surface area contributed by atoms with Crippen LogP contribution >= 0.6 is 0 Å². The lowest BCUT2D eigenvalue weighted by Crippen LogP contribution is -2.35. The van der Waals surface area contributed by atoms with Crippen LogP contribution in [0.2, 0.25) is 0 Å². The van der Waals surface area contributed by atoms with Gasteiger partial charge in [-0.1, -0.05) is 12.6 Å². The predicted molar refractivity (Wildman–Crippen MR) is 86.8 cm³/mol. The van der Waals surface area contributed by atoms with Crippen LogP contribution in [0.25, 0.3) is 5.70 Å². The smallest absolute Gasteiger partial charge is 0.269 e. The molecular formula is C17H16FN3O2. The summed E-state index contributed by atoms with van der Waals surface area (Å²) in [4.78, 5) is 23.1. The molecule has 0 unspecified atom stereocenters. The molecule has 0 saturated heterocycles. The predicted octanol–water partition coefficient (Wildman–Crippen LogP) is 2.69. The summed E-state index contributed by atoms with van der Waals surface area (Å²) in [5.74, 6) is -0.953. The third kappa shape index (κ3) is 4.67. The van der Waals surface area contributed by atoms with Crippen molar-refractivity contribution in [3.63, 3.8) is 0 Å². The molecule has 0 spiro atoms. The first-order valence-corrected chi connectivity index (χ1v) is 6.84. The van der Waals surface area contributed by atoms with E-state index in [0.717, 1.165) is 0 Å². The van der Waals surface area contributed by atoms with E-state index in [9.17, 15) is 14.0 Å². The minimum Gasteiger partial charge on any atom is -0.326 e. The summed E-state index contributed by atoms with van der Waals surface area (Å²) in [7, 11) is 0. The van der Waals surface area contributed by atoms with Crippen LogP contribution in [0.3, 0.4) is 0 Å². The van der Waals surface area contributed by atoms with Gasteiger partial charge in [0.05, 0.1) is 5.70 Å². The van der Waals surface area contributed by atoms with Crippen molar-refractivity contribution in [1.82, 2.24) is 10.9 Å². The summed E-state index contributed by atoms with van der Waals surface area (Å²) in [5, 5.41) is 2.60. The Labute approximate surface area is 133 Å². The maximum Gasteiger partial charge on any atom is 0.269 e. The Bertz CT molecular complexity index is 742. The first-order valence-electron chi connectivity index (χ1n) is 6.84. The molecule has 2 amide bonds. The number of carbonyl (C=O) groups is 2. The molecule has 5 nitrogen and oxygen atoms in total. The van der Waals surface area contributed by atoms with Crippen LogP contribution in [-0.2, 0) is 4.79 Å². The molecule has 0 atom stereocenters. The van der Waals surface area contributed by atoms with E-state index in [4.69, 9.17) is 0 Å². The average Bonchev–Trinajstić information content (AvgIpc) is 2.52. The Balaban J connectivity index is 1.98. The van der Waals surface area contributed by atoms with E-state index in [1.807, 2.05) is 0 Å². The quantitative estimate of drug-likeness (QED) is 0.743. The van der Waals surface area contributed by atoms with Crippen LogP contribution in [0, 0.1) is 5.82 Å². The largest absolute Gasteiger partial charge is 0.326 e. The van der Waals surface area contributed by atoms with Crippen LogP contribution in [0.5, 0.6) is 0 Å². The number of anilines is 1. The first kappa shape index (κ1) is 16.2. The molecule has 0 bridgehead atoms. The van der Waals surface area contributed by atoms with Gasteiger partial charge in [-0.15, -0.1) is 0 Å². The van der Waals surface area contributed by atoms with Crippen LogP contribution < -0.4 is 16.2 Å². The normalized spacial score (nSPS) is 9.83. The lowest BCUT2D eigenvalue weighted by atomic mass is 10.2. The van der Waals surface area contributed by atoms with Gasteiger partial charge in [-0.05, 0) is 48.0 Å². The Morgan fingerprint density at radius 3 is 2.35 bits per heavy atom. The zero-order chi connectivity index (χ0) is 16.8. The highest BCUT2D eigenvalue weighted by molar-refractivity contribution is 5.96. The number of hydrogen-bond donors (Lipinski definition) is 3. The summed E-state index contributed by atoms with van der Waals surface area (Å²) < 4.78 is 12.9. The molecular weight excluding hydrogens is 297 g/mol. The zero-order valence-electron chi connectivity index (χ0n) is 12.5. The van der Waals surface area contributed by atoms with Gasteiger partial charge in [0.2, 0.25) is 5.91 Å². The van der Waals surface area contributed by atoms with E-state index in [0.29, 0.717) is 22.5 Å². The number of amides is 2. The van der Waals surface area contributed by atoms with Crippen molar-refractivity contribution >= 4 is 23.2 Å². The Morgan fingerprint density at radius 2 is 1.70 bits per heavy atom. The fourth-order valence-corrected chi connectivity index (χ4v) is 1.87. The third-order valence-corrected chi connectivity index (χ3v) is 2.96. The number of benzene rings is 2. The van der Waals surface area contributed by atoms with Gasteiger partial charge in [0.15, 0.2) is 0 Å². The van der Waals surface area contributed by atoms with E-state index in [2.05, 4.69) is 22.7 Å². The van der Waals surface area contributed by atoms with Gasteiger partial charge in [-0.3, -0.25) is 20.4 Å². The minimum absolute atomic E-state index is 0.217. The van der Waals surface area contributed by atoms with Crippen LogP contribution in [0.15, 0.2) is 55.1 Å². The molecule has 2 aromatic rings. The van der Waals surface area contributed by atoms with Crippen molar-refractivity contribution < 1.29 is 14.0 Å². The van der Waals surface area contributed by atoms with E-state index >= 15 is 0 Å². The van der Waals surface area contributed by atoms with Crippen LogP contribution in [0.1, 0.15) is 22.8 Å². The molecule has 0 heterocycles. The van der Waals surface area contributed by atoms with Crippen molar-refractivity contribution in [3.8, 4) is 0 Å². The summed E-state index contributed by atoms with van der Waals surface area (Å²) in [6.45, 7) is 5.16. The Morgan fingerprint density at radius 1 is 1.00 bits per heavy atom. The molecule has 0 aliphatic carbocycles. The lowest BCUT2D eigenvalue weighted by Gasteiger charge is -2.12. The SMILES string of the molecule is C=C(NNC(=O)c1cccc(NC(C)=O)c1)c1ccc(F)cc1. The highest BCUT2D eigenvalue weighted by Gasteiger charge is 2.07. The van der Waals surface area contributed by atoms with Gasteiger partial charge < -0.3 is 5.32 Å². The number of nitrogens with one attached hydrogen (secondary N) is 3. The maximum atomic E-state index is 12.9. The molecule has 0 aromatic heterocycles. The van der Waals surface area contributed by atoms with E-state index in [-0.39, 0.29) is 17.6 Å². The minimum atomic E-state index is -0.388. The number of hydrazine groups is 1. The number of rotatable bonds is 5. The standard InChI is InChI=1S/C17H16FN3O2/c1-11(13-6-8-15(18)9-7-13)20-21-17(23)14-4-3-5-16(10-14)19-12(2)22/h3-10,20H,1H2,2H3,(H,19,22)(H,21,23). The second-order valence-electron chi connectivity index (χ2n) is 4.83. The number of carbonyl (C=O) groups excluding carboxylic acids is 2. The van der Waals surface area contributed by atoms with Gasteiger partial charge in [0.1, 0.15) is 5.82 Å². The molecule has 118 valence electrons. The highest BCUT2D eigenvalue weighted by Crippen LogP contribution is 2.12. The van der Waals surface area contributed by atoms with Gasteiger partial charge in [0, 0.05) is 18.2 Å². The molecule has 0 radical (unpaired) electrons. The summed E-state index contributed by atoms with van der Waals surface area (Å²) >= 11 is 0. The Kier molecular flexibility index (Phi) is 5.09. The van der Waals surface area contributed by atoms with Crippen molar-refractivity contribution in [1.29, 1.82) is 0 Å².